The Balaban J connectivity index is 2.53. The van der Waals surface area contributed by atoms with Crippen LogP contribution in [-0.4, -0.2) is 12.6 Å². The van der Waals surface area contributed by atoms with E-state index >= 15 is 0 Å². The maximum Gasteiger partial charge on any atom is 0.333 e. The first-order chi connectivity index (χ1) is 7.59. The lowest BCUT2D eigenvalue weighted by molar-refractivity contribution is -0.137. The van der Waals surface area contributed by atoms with Crippen LogP contribution in [0.25, 0.3) is 6.08 Å². The van der Waals surface area contributed by atoms with E-state index in [0.717, 1.165) is 11.1 Å². The summed E-state index contributed by atoms with van der Waals surface area (Å²) >= 11 is 0. The molecule has 0 aliphatic carbocycles. The van der Waals surface area contributed by atoms with Crippen LogP contribution in [0, 0.1) is 0 Å². The summed E-state index contributed by atoms with van der Waals surface area (Å²) in [4.78, 5) is 11.2. The van der Waals surface area contributed by atoms with E-state index in [1.165, 1.54) is 0 Å². The van der Waals surface area contributed by atoms with Crippen molar-refractivity contribution in [2.75, 3.05) is 6.61 Å². The molecule has 0 atom stereocenters. The SMILES string of the molecule is C=C(C)C(=O)OC/C(C)=C/c1ccccc1. The highest BCUT2D eigenvalue weighted by Gasteiger charge is 2.02. The second-order valence-corrected chi connectivity index (χ2v) is 3.76. The normalized spacial score (nSPS) is 11.0. The molecule has 1 rings (SSSR count). The average Bonchev–Trinajstić information content (AvgIpc) is 2.27. The van der Waals surface area contributed by atoms with E-state index in [4.69, 9.17) is 4.74 Å². The highest BCUT2D eigenvalue weighted by Crippen LogP contribution is 2.06. The Hall–Kier alpha value is -1.83. The molecule has 0 heterocycles. The number of benzene rings is 1. The van der Waals surface area contributed by atoms with Gasteiger partial charge < -0.3 is 4.74 Å². The van der Waals surface area contributed by atoms with Crippen molar-refractivity contribution in [2.24, 2.45) is 0 Å². The fourth-order valence-electron chi connectivity index (χ4n) is 1.18. The third kappa shape index (κ3) is 4.13. The predicted octanol–water partition coefficient (Wildman–Crippen LogP) is 3.21. The zero-order valence-electron chi connectivity index (χ0n) is 9.69. The molecule has 0 spiro atoms. The molecule has 0 radical (unpaired) electrons. The van der Waals surface area contributed by atoms with Gasteiger partial charge in [-0.25, -0.2) is 4.79 Å². The van der Waals surface area contributed by atoms with Gasteiger partial charge in [-0.2, -0.15) is 0 Å². The number of ether oxygens (including phenoxy) is 1. The van der Waals surface area contributed by atoms with Crippen molar-refractivity contribution >= 4 is 12.0 Å². The van der Waals surface area contributed by atoms with Crippen molar-refractivity contribution in [1.29, 1.82) is 0 Å². The summed E-state index contributed by atoms with van der Waals surface area (Å²) in [6.07, 6.45) is 1.99. The molecule has 2 heteroatoms. The van der Waals surface area contributed by atoms with Crippen LogP contribution in [0.3, 0.4) is 0 Å². The Kier molecular flexibility index (Phi) is 4.52. The van der Waals surface area contributed by atoms with Gasteiger partial charge in [0.05, 0.1) is 0 Å². The van der Waals surface area contributed by atoms with Crippen molar-refractivity contribution in [3.63, 3.8) is 0 Å². The van der Waals surface area contributed by atoms with Crippen LogP contribution < -0.4 is 0 Å². The van der Waals surface area contributed by atoms with Crippen LogP contribution in [-0.2, 0) is 9.53 Å². The molecular formula is C14H16O2. The molecule has 0 saturated heterocycles. The van der Waals surface area contributed by atoms with E-state index in [9.17, 15) is 4.79 Å². The quantitative estimate of drug-likeness (QED) is 0.570. The minimum Gasteiger partial charge on any atom is -0.458 e. The maximum absolute atomic E-state index is 11.2. The van der Waals surface area contributed by atoms with Gasteiger partial charge in [0.2, 0.25) is 0 Å². The summed E-state index contributed by atoms with van der Waals surface area (Å²) in [5.41, 5.74) is 2.53. The third-order valence-corrected chi connectivity index (χ3v) is 1.99. The van der Waals surface area contributed by atoms with Gasteiger partial charge in [-0.15, -0.1) is 0 Å². The third-order valence-electron chi connectivity index (χ3n) is 1.99. The molecule has 0 N–H and O–H groups in total. The van der Waals surface area contributed by atoms with Crippen LogP contribution >= 0.6 is 0 Å². The number of hydrogen-bond donors (Lipinski definition) is 0. The highest BCUT2D eigenvalue weighted by atomic mass is 16.5. The van der Waals surface area contributed by atoms with Gasteiger partial charge >= 0.3 is 5.97 Å². The number of esters is 1. The summed E-state index contributed by atoms with van der Waals surface area (Å²) in [6, 6.07) is 9.92. The molecule has 0 unspecified atom stereocenters. The van der Waals surface area contributed by atoms with Crippen LogP contribution in [0.15, 0.2) is 48.1 Å². The summed E-state index contributed by atoms with van der Waals surface area (Å²) < 4.78 is 5.03. The van der Waals surface area contributed by atoms with Gasteiger partial charge in [0, 0.05) is 5.57 Å². The minimum atomic E-state index is -0.346. The fourth-order valence-corrected chi connectivity index (χ4v) is 1.18. The Morgan fingerprint density at radius 1 is 1.31 bits per heavy atom. The Bertz CT molecular complexity index is 402. The number of carbonyl (C=O) groups excluding carboxylic acids is 1. The summed E-state index contributed by atoms with van der Waals surface area (Å²) in [7, 11) is 0. The minimum absolute atomic E-state index is 0.306. The molecule has 0 amide bonds. The van der Waals surface area contributed by atoms with Gasteiger partial charge in [0.25, 0.3) is 0 Å². The second kappa shape index (κ2) is 5.91. The largest absolute Gasteiger partial charge is 0.458 e. The standard InChI is InChI=1S/C14H16O2/c1-11(2)14(15)16-10-12(3)9-13-7-5-4-6-8-13/h4-9H,1,10H2,2-3H3/b12-9+. The van der Waals surface area contributed by atoms with E-state index in [0.29, 0.717) is 12.2 Å². The van der Waals surface area contributed by atoms with E-state index < -0.39 is 0 Å². The monoisotopic (exact) mass is 216 g/mol. The highest BCUT2D eigenvalue weighted by molar-refractivity contribution is 5.87. The molecule has 0 aliphatic rings. The molecule has 1 aromatic rings. The molecule has 0 aromatic heterocycles. The number of rotatable bonds is 4. The van der Waals surface area contributed by atoms with Crippen LogP contribution in [0.5, 0.6) is 0 Å². The Morgan fingerprint density at radius 3 is 2.50 bits per heavy atom. The summed E-state index contributed by atoms with van der Waals surface area (Å²) in [5, 5.41) is 0. The van der Waals surface area contributed by atoms with Crippen LogP contribution in [0.4, 0.5) is 0 Å². The lowest BCUT2D eigenvalue weighted by atomic mass is 10.1. The first kappa shape index (κ1) is 12.2. The topological polar surface area (TPSA) is 26.3 Å². The Labute approximate surface area is 96.2 Å². The van der Waals surface area contributed by atoms with Crippen LogP contribution in [0.1, 0.15) is 19.4 Å². The van der Waals surface area contributed by atoms with Gasteiger partial charge in [0.1, 0.15) is 6.61 Å². The van der Waals surface area contributed by atoms with Gasteiger partial charge in [-0.3, -0.25) is 0 Å². The molecule has 0 bridgehead atoms. The second-order valence-electron chi connectivity index (χ2n) is 3.76. The maximum atomic E-state index is 11.2. The number of hydrogen-bond acceptors (Lipinski definition) is 2. The average molecular weight is 216 g/mol. The molecule has 0 aliphatic heterocycles. The van der Waals surface area contributed by atoms with E-state index in [-0.39, 0.29) is 5.97 Å². The summed E-state index contributed by atoms with van der Waals surface area (Å²) in [5.74, 6) is -0.346. The zero-order chi connectivity index (χ0) is 12.0. The molecule has 84 valence electrons. The van der Waals surface area contributed by atoms with Crippen molar-refractivity contribution in [3.05, 3.63) is 53.6 Å². The van der Waals surface area contributed by atoms with Gasteiger partial charge in [-0.05, 0) is 25.0 Å². The predicted molar refractivity (Wildman–Crippen MR) is 65.9 cm³/mol. The van der Waals surface area contributed by atoms with E-state index in [2.05, 4.69) is 6.58 Å². The molecular weight excluding hydrogens is 200 g/mol. The molecule has 0 fully saturated rings. The fraction of sp³-hybridized carbons (Fsp3) is 0.214. The van der Waals surface area contributed by atoms with Gasteiger partial charge in [0.15, 0.2) is 0 Å². The lowest BCUT2D eigenvalue weighted by Gasteiger charge is -2.04. The smallest absolute Gasteiger partial charge is 0.333 e. The van der Waals surface area contributed by atoms with Crippen molar-refractivity contribution in [2.45, 2.75) is 13.8 Å². The van der Waals surface area contributed by atoms with Gasteiger partial charge in [-0.1, -0.05) is 43.0 Å². The van der Waals surface area contributed by atoms with E-state index in [1.54, 1.807) is 6.92 Å². The summed E-state index contributed by atoms with van der Waals surface area (Å²) in [6.45, 7) is 7.40. The van der Waals surface area contributed by atoms with Crippen molar-refractivity contribution in [1.82, 2.24) is 0 Å². The zero-order valence-corrected chi connectivity index (χ0v) is 9.69. The molecule has 0 saturated carbocycles. The van der Waals surface area contributed by atoms with Crippen LogP contribution in [0.2, 0.25) is 0 Å². The first-order valence-electron chi connectivity index (χ1n) is 5.14. The Morgan fingerprint density at radius 2 is 1.94 bits per heavy atom. The van der Waals surface area contributed by atoms with Crippen molar-refractivity contribution < 1.29 is 9.53 Å². The molecule has 16 heavy (non-hydrogen) atoms. The lowest BCUT2D eigenvalue weighted by Crippen LogP contribution is -2.06. The first-order valence-corrected chi connectivity index (χ1v) is 5.14. The van der Waals surface area contributed by atoms with E-state index in [1.807, 2.05) is 43.3 Å². The van der Waals surface area contributed by atoms with Crippen molar-refractivity contribution in [3.8, 4) is 0 Å². The molecule has 1 aromatic carbocycles. The number of carbonyl (C=O) groups is 1. The molecule has 2 nitrogen and oxygen atoms in total.